The minimum Gasteiger partial charge on any atom is -0.384 e. The van der Waals surface area contributed by atoms with Crippen molar-refractivity contribution in [3.63, 3.8) is 0 Å². The van der Waals surface area contributed by atoms with E-state index < -0.39 is 0 Å². The van der Waals surface area contributed by atoms with E-state index in [4.69, 9.17) is 0 Å². The molecular formula is C16H23ClN2O. The summed E-state index contributed by atoms with van der Waals surface area (Å²) in [6.45, 7) is 3.28. The van der Waals surface area contributed by atoms with E-state index in [0.717, 1.165) is 37.3 Å². The van der Waals surface area contributed by atoms with Crippen molar-refractivity contribution >= 4 is 24.0 Å². The molecule has 1 aliphatic carbocycles. The van der Waals surface area contributed by atoms with Crippen LogP contribution in [0.15, 0.2) is 18.2 Å². The molecule has 0 aromatic heterocycles. The second-order valence-electron chi connectivity index (χ2n) is 5.98. The summed E-state index contributed by atoms with van der Waals surface area (Å²) in [5, 5.41) is 6.51. The summed E-state index contributed by atoms with van der Waals surface area (Å²) < 4.78 is 0. The van der Waals surface area contributed by atoms with Gasteiger partial charge in [-0.25, -0.2) is 0 Å². The molecule has 1 aromatic carbocycles. The topological polar surface area (TPSA) is 41.1 Å². The molecule has 0 saturated heterocycles. The number of halogens is 1. The molecule has 0 spiro atoms. The van der Waals surface area contributed by atoms with E-state index >= 15 is 0 Å². The van der Waals surface area contributed by atoms with Crippen LogP contribution in [0.2, 0.25) is 0 Å². The summed E-state index contributed by atoms with van der Waals surface area (Å²) in [6, 6.07) is 6.36. The third-order valence-corrected chi connectivity index (χ3v) is 4.43. The van der Waals surface area contributed by atoms with Crippen molar-refractivity contribution in [1.82, 2.24) is 5.32 Å². The van der Waals surface area contributed by atoms with Gasteiger partial charge in [0.05, 0.1) is 0 Å². The summed E-state index contributed by atoms with van der Waals surface area (Å²) in [7, 11) is 0. The fraction of sp³-hybridized carbons (Fsp3) is 0.562. The Morgan fingerprint density at radius 2 is 2.00 bits per heavy atom. The van der Waals surface area contributed by atoms with Crippen LogP contribution < -0.4 is 10.6 Å². The number of hydrogen-bond acceptors (Lipinski definition) is 2. The van der Waals surface area contributed by atoms with Crippen LogP contribution in [-0.2, 0) is 6.42 Å². The number of carbonyl (C=O) groups excluding carboxylic acids is 1. The highest BCUT2D eigenvalue weighted by atomic mass is 35.5. The van der Waals surface area contributed by atoms with Crippen molar-refractivity contribution < 1.29 is 4.79 Å². The van der Waals surface area contributed by atoms with E-state index in [1.165, 1.54) is 24.1 Å². The normalized spacial score (nSPS) is 24.2. The SMILES string of the molecule is CC1CCC(NC(=O)c2ccc3c(c2)CCN3)CC1.Cl. The van der Waals surface area contributed by atoms with Gasteiger partial charge in [0.2, 0.25) is 0 Å². The van der Waals surface area contributed by atoms with Crippen LogP contribution in [-0.4, -0.2) is 18.5 Å². The monoisotopic (exact) mass is 294 g/mol. The quantitative estimate of drug-likeness (QED) is 0.878. The molecule has 1 saturated carbocycles. The highest BCUT2D eigenvalue weighted by Crippen LogP contribution is 2.25. The average molecular weight is 295 g/mol. The Morgan fingerprint density at radius 3 is 2.75 bits per heavy atom. The second-order valence-corrected chi connectivity index (χ2v) is 5.98. The molecular weight excluding hydrogens is 272 g/mol. The van der Waals surface area contributed by atoms with Gasteiger partial charge in [0.1, 0.15) is 0 Å². The van der Waals surface area contributed by atoms with Gasteiger partial charge in [-0.1, -0.05) is 6.92 Å². The van der Waals surface area contributed by atoms with Gasteiger partial charge in [0.15, 0.2) is 0 Å². The molecule has 1 fully saturated rings. The second kappa shape index (κ2) is 6.49. The lowest BCUT2D eigenvalue weighted by molar-refractivity contribution is 0.0923. The number of anilines is 1. The van der Waals surface area contributed by atoms with E-state index in [2.05, 4.69) is 17.6 Å². The number of fused-ring (bicyclic) bond motifs is 1. The van der Waals surface area contributed by atoms with Gasteiger partial charge >= 0.3 is 0 Å². The highest BCUT2D eigenvalue weighted by molar-refractivity contribution is 5.95. The molecule has 1 heterocycles. The summed E-state index contributed by atoms with van der Waals surface area (Å²) in [6.07, 6.45) is 5.74. The number of benzene rings is 1. The highest BCUT2D eigenvalue weighted by Gasteiger charge is 2.21. The maximum atomic E-state index is 12.3. The molecule has 0 unspecified atom stereocenters. The lowest BCUT2D eigenvalue weighted by Crippen LogP contribution is -2.37. The number of rotatable bonds is 2. The van der Waals surface area contributed by atoms with Crippen molar-refractivity contribution in [1.29, 1.82) is 0 Å². The van der Waals surface area contributed by atoms with Crippen molar-refractivity contribution in [2.45, 2.75) is 45.1 Å². The van der Waals surface area contributed by atoms with Crippen LogP contribution in [0.3, 0.4) is 0 Å². The van der Waals surface area contributed by atoms with Gasteiger partial charge in [-0.05, 0) is 61.8 Å². The molecule has 2 aliphatic rings. The number of carbonyl (C=O) groups is 1. The van der Waals surface area contributed by atoms with Gasteiger partial charge in [0, 0.05) is 23.8 Å². The largest absolute Gasteiger partial charge is 0.384 e. The summed E-state index contributed by atoms with van der Waals surface area (Å²) >= 11 is 0. The van der Waals surface area contributed by atoms with Crippen molar-refractivity contribution in [3.8, 4) is 0 Å². The van der Waals surface area contributed by atoms with Crippen LogP contribution >= 0.6 is 12.4 Å². The van der Waals surface area contributed by atoms with Gasteiger partial charge in [-0.3, -0.25) is 4.79 Å². The Hall–Kier alpha value is -1.22. The first-order valence-corrected chi connectivity index (χ1v) is 7.40. The Labute approximate surface area is 126 Å². The third kappa shape index (κ3) is 3.26. The van der Waals surface area contributed by atoms with Crippen molar-refractivity contribution in [3.05, 3.63) is 29.3 Å². The minimum atomic E-state index is 0. The molecule has 1 aliphatic heterocycles. The lowest BCUT2D eigenvalue weighted by Gasteiger charge is -2.27. The molecule has 1 amide bonds. The van der Waals surface area contributed by atoms with Crippen LogP contribution in [0, 0.1) is 5.92 Å². The van der Waals surface area contributed by atoms with Crippen LogP contribution in [0.1, 0.15) is 48.5 Å². The van der Waals surface area contributed by atoms with E-state index in [-0.39, 0.29) is 18.3 Å². The molecule has 0 atom stereocenters. The average Bonchev–Trinajstić information content (AvgIpc) is 2.88. The van der Waals surface area contributed by atoms with E-state index in [1.807, 2.05) is 18.2 Å². The molecule has 1 aromatic rings. The fourth-order valence-corrected chi connectivity index (χ4v) is 3.12. The predicted molar refractivity (Wildman–Crippen MR) is 84.8 cm³/mol. The lowest BCUT2D eigenvalue weighted by atomic mass is 9.87. The van der Waals surface area contributed by atoms with E-state index in [0.29, 0.717) is 6.04 Å². The van der Waals surface area contributed by atoms with Gasteiger partial charge in [0.25, 0.3) is 5.91 Å². The first kappa shape index (κ1) is 15.2. The van der Waals surface area contributed by atoms with Gasteiger partial charge in [-0.15, -0.1) is 12.4 Å². The Bertz CT molecular complexity index is 481. The number of hydrogen-bond donors (Lipinski definition) is 2. The molecule has 20 heavy (non-hydrogen) atoms. The van der Waals surface area contributed by atoms with Gasteiger partial charge in [-0.2, -0.15) is 0 Å². The summed E-state index contributed by atoms with van der Waals surface area (Å²) in [5.74, 6) is 0.911. The maximum absolute atomic E-state index is 12.3. The maximum Gasteiger partial charge on any atom is 0.251 e. The van der Waals surface area contributed by atoms with Crippen LogP contribution in [0.5, 0.6) is 0 Å². The first-order chi connectivity index (χ1) is 9.22. The standard InChI is InChI=1S/C16H22N2O.ClH/c1-11-2-5-14(6-3-11)18-16(19)13-4-7-15-12(10-13)8-9-17-15;/h4,7,10-11,14,17H,2-3,5-6,8-9H2,1H3,(H,18,19);1H. The molecule has 2 N–H and O–H groups in total. The zero-order valence-electron chi connectivity index (χ0n) is 11.9. The molecule has 0 bridgehead atoms. The van der Waals surface area contributed by atoms with Crippen LogP contribution in [0.25, 0.3) is 0 Å². The van der Waals surface area contributed by atoms with Crippen LogP contribution in [0.4, 0.5) is 5.69 Å². The molecule has 3 nitrogen and oxygen atoms in total. The Kier molecular flexibility index (Phi) is 4.92. The zero-order valence-corrected chi connectivity index (χ0v) is 12.8. The first-order valence-electron chi connectivity index (χ1n) is 7.40. The molecule has 3 rings (SSSR count). The van der Waals surface area contributed by atoms with Gasteiger partial charge < -0.3 is 10.6 Å². The summed E-state index contributed by atoms with van der Waals surface area (Å²) in [5.41, 5.74) is 3.26. The Morgan fingerprint density at radius 1 is 1.25 bits per heavy atom. The van der Waals surface area contributed by atoms with Crippen molar-refractivity contribution in [2.24, 2.45) is 5.92 Å². The number of nitrogens with one attached hydrogen (secondary N) is 2. The Balaban J connectivity index is 0.00000147. The molecule has 0 radical (unpaired) electrons. The predicted octanol–water partition coefficient (Wildman–Crippen LogP) is 3.38. The molecule has 4 heteroatoms. The third-order valence-electron chi connectivity index (χ3n) is 4.43. The van der Waals surface area contributed by atoms with E-state index in [1.54, 1.807) is 0 Å². The van der Waals surface area contributed by atoms with E-state index in [9.17, 15) is 4.79 Å². The summed E-state index contributed by atoms with van der Waals surface area (Å²) in [4.78, 5) is 12.3. The smallest absolute Gasteiger partial charge is 0.251 e. The molecule has 110 valence electrons. The minimum absolute atomic E-state index is 0. The zero-order chi connectivity index (χ0) is 13.2. The number of amides is 1. The van der Waals surface area contributed by atoms with Crippen molar-refractivity contribution in [2.75, 3.05) is 11.9 Å². The fourth-order valence-electron chi connectivity index (χ4n) is 3.12.